The fraction of sp³-hybridized carbons (Fsp3) is 0.0667. The zero-order chi connectivity index (χ0) is 13.8. The molecule has 0 bridgehead atoms. The van der Waals surface area contributed by atoms with Crippen molar-refractivity contribution in [1.29, 1.82) is 0 Å². The van der Waals surface area contributed by atoms with Gasteiger partial charge in [-0.05, 0) is 46.0 Å². The normalized spacial score (nSPS) is 10.8. The molecule has 0 saturated carbocycles. The number of nitrogens with one attached hydrogen (secondary N) is 1. The number of hydrogen-bond donors (Lipinski definition) is 2. The molecule has 5 heteroatoms. The van der Waals surface area contributed by atoms with E-state index in [2.05, 4.69) is 28.3 Å². The van der Waals surface area contributed by atoms with Crippen LogP contribution in [0.1, 0.15) is 5.56 Å². The Labute approximate surface area is 130 Å². The smallest absolute Gasteiger partial charge is 0.134 e. The predicted octanol–water partition coefficient (Wildman–Crippen LogP) is 4.98. The summed E-state index contributed by atoms with van der Waals surface area (Å²) in [6, 6.07) is 14.1. The second-order valence-corrected chi connectivity index (χ2v) is 7.20. The molecule has 0 spiro atoms. The van der Waals surface area contributed by atoms with Crippen LogP contribution in [0.5, 0.6) is 5.75 Å². The zero-order valence-electron chi connectivity index (χ0n) is 10.6. The van der Waals surface area contributed by atoms with Gasteiger partial charge in [-0.3, -0.25) is 4.72 Å². The number of thiophene rings is 2. The summed E-state index contributed by atoms with van der Waals surface area (Å²) < 4.78 is 4.63. The molecule has 3 aromatic rings. The molecule has 102 valence electrons. The van der Waals surface area contributed by atoms with Gasteiger partial charge in [-0.2, -0.15) is 0 Å². The van der Waals surface area contributed by atoms with Gasteiger partial charge in [0.15, 0.2) is 0 Å². The van der Waals surface area contributed by atoms with E-state index in [4.69, 9.17) is 0 Å². The summed E-state index contributed by atoms with van der Waals surface area (Å²) in [5.74, 6) is 0.355. The van der Waals surface area contributed by atoms with Crippen molar-refractivity contribution in [2.75, 3.05) is 0 Å². The van der Waals surface area contributed by atoms with E-state index >= 15 is 0 Å². The minimum Gasteiger partial charge on any atom is -0.506 e. The van der Waals surface area contributed by atoms with Crippen molar-refractivity contribution < 1.29 is 5.11 Å². The highest BCUT2D eigenvalue weighted by molar-refractivity contribution is 7.99. The highest BCUT2D eigenvalue weighted by Gasteiger charge is 2.10. The molecule has 0 aliphatic carbocycles. The maximum absolute atomic E-state index is 9.89. The molecule has 0 radical (unpaired) electrons. The molecular weight excluding hydrogens is 306 g/mol. The van der Waals surface area contributed by atoms with Gasteiger partial charge in [0.05, 0.1) is 9.09 Å². The van der Waals surface area contributed by atoms with Crippen LogP contribution in [-0.2, 0) is 6.54 Å². The molecule has 2 aromatic heterocycles. The first-order valence-electron chi connectivity index (χ1n) is 6.12. The van der Waals surface area contributed by atoms with Crippen molar-refractivity contribution in [2.45, 2.75) is 10.8 Å². The number of aromatic hydroxyl groups is 1. The van der Waals surface area contributed by atoms with Gasteiger partial charge in [0, 0.05) is 6.54 Å². The summed E-state index contributed by atoms with van der Waals surface area (Å²) in [5, 5.41) is 13.9. The zero-order valence-corrected chi connectivity index (χ0v) is 13.0. The van der Waals surface area contributed by atoms with E-state index in [-0.39, 0.29) is 0 Å². The summed E-state index contributed by atoms with van der Waals surface area (Å²) in [5.41, 5.74) is 2.29. The van der Waals surface area contributed by atoms with Crippen LogP contribution in [0.2, 0.25) is 0 Å². The van der Waals surface area contributed by atoms with E-state index in [0.29, 0.717) is 5.75 Å². The van der Waals surface area contributed by atoms with Crippen molar-refractivity contribution in [3.05, 3.63) is 58.8 Å². The standard InChI is InChI=1S/C15H13NOS3/c17-13-7-9-19-15(13)12-5-2-1-4-11(12)10-16-20-14-6-3-8-18-14/h1-9,16-17H,10H2. The number of benzene rings is 1. The van der Waals surface area contributed by atoms with Gasteiger partial charge in [0.25, 0.3) is 0 Å². The number of hydrogen-bond acceptors (Lipinski definition) is 5. The van der Waals surface area contributed by atoms with Gasteiger partial charge in [0.2, 0.25) is 0 Å². The fourth-order valence-electron chi connectivity index (χ4n) is 1.91. The maximum atomic E-state index is 9.89. The van der Waals surface area contributed by atoms with Crippen molar-refractivity contribution in [3.8, 4) is 16.2 Å². The monoisotopic (exact) mass is 319 g/mol. The molecule has 0 saturated heterocycles. The minimum atomic E-state index is 0.355. The lowest BCUT2D eigenvalue weighted by Crippen LogP contribution is -2.03. The Bertz CT molecular complexity index is 676. The van der Waals surface area contributed by atoms with Crippen molar-refractivity contribution >= 4 is 34.6 Å². The Morgan fingerprint density at radius 3 is 2.65 bits per heavy atom. The highest BCUT2D eigenvalue weighted by Crippen LogP contribution is 2.36. The molecule has 0 atom stereocenters. The van der Waals surface area contributed by atoms with E-state index in [9.17, 15) is 5.11 Å². The van der Waals surface area contributed by atoms with Gasteiger partial charge in [-0.25, -0.2) is 0 Å². The molecule has 1 aromatic carbocycles. The molecule has 2 heterocycles. The Morgan fingerprint density at radius 1 is 1.00 bits per heavy atom. The molecule has 2 nitrogen and oxygen atoms in total. The SMILES string of the molecule is Oc1ccsc1-c1ccccc1CNSc1cccs1. The molecule has 2 N–H and O–H groups in total. The van der Waals surface area contributed by atoms with E-state index in [0.717, 1.165) is 17.0 Å². The van der Waals surface area contributed by atoms with E-state index < -0.39 is 0 Å². The van der Waals surface area contributed by atoms with E-state index in [1.807, 2.05) is 23.6 Å². The van der Waals surface area contributed by atoms with Crippen LogP contribution in [0, 0.1) is 0 Å². The second-order valence-electron chi connectivity index (χ2n) is 4.15. The third-order valence-corrected chi connectivity index (χ3v) is 5.60. The van der Waals surface area contributed by atoms with Gasteiger partial charge in [-0.15, -0.1) is 22.7 Å². The van der Waals surface area contributed by atoms with Crippen molar-refractivity contribution in [1.82, 2.24) is 4.72 Å². The largest absolute Gasteiger partial charge is 0.506 e. The molecule has 0 fully saturated rings. The van der Waals surface area contributed by atoms with Crippen LogP contribution < -0.4 is 4.72 Å². The first-order chi connectivity index (χ1) is 9.84. The molecule has 0 amide bonds. The molecular formula is C15H13NOS3. The molecule has 0 aliphatic rings. The highest BCUT2D eigenvalue weighted by atomic mass is 32.2. The lowest BCUT2D eigenvalue weighted by molar-refractivity contribution is 0.479. The van der Waals surface area contributed by atoms with Crippen LogP contribution in [0.25, 0.3) is 10.4 Å². The molecule has 0 aliphatic heterocycles. The lowest BCUT2D eigenvalue weighted by Gasteiger charge is -2.09. The Kier molecular flexibility index (Phi) is 4.42. The Hall–Kier alpha value is -1.27. The predicted molar refractivity (Wildman–Crippen MR) is 88.4 cm³/mol. The van der Waals surface area contributed by atoms with Crippen LogP contribution in [0.4, 0.5) is 0 Å². The third-order valence-electron chi connectivity index (χ3n) is 2.84. The van der Waals surface area contributed by atoms with Gasteiger partial charge in [0.1, 0.15) is 5.75 Å². The maximum Gasteiger partial charge on any atom is 0.134 e. The van der Waals surface area contributed by atoms with Crippen LogP contribution >= 0.6 is 34.6 Å². The average molecular weight is 319 g/mol. The second kappa shape index (κ2) is 6.45. The Balaban J connectivity index is 1.75. The summed E-state index contributed by atoms with van der Waals surface area (Å²) in [7, 11) is 0. The first kappa shape index (κ1) is 13.7. The van der Waals surface area contributed by atoms with Gasteiger partial charge in [-0.1, -0.05) is 30.3 Å². The van der Waals surface area contributed by atoms with Crippen LogP contribution in [0.3, 0.4) is 0 Å². The summed E-state index contributed by atoms with van der Waals surface area (Å²) in [4.78, 5) is 0.934. The minimum absolute atomic E-state index is 0.355. The quantitative estimate of drug-likeness (QED) is 0.651. The first-order valence-corrected chi connectivity index (χ1v) is 8.70. The average Bonchev–Trinajstić information content (AvgIpc) is 3.11. The van der Waals surface area contributed by atoms with Crippen LogP contribution in [-0.4, -0.2) is 5.11 Å². The lowest BCUT2D eigenvalue weighted by atomic mass is 10.1. The molecule has 3 rings (SSSR count). The van der Waals surface area contributed by atoms with Gasteiger partial charge >= 0.3 is 0 Å². The summed E-state index contributed by atoms with van der Waals surface area (Å²) in [6.45, 7) is 0.760. The third kappa shape index (κ3) is 3.07. The molecule has 20 heavy (non-hydrogen) atoms. The Morgan fingerprint density at radius 2 is 1.90 bits per heavy atom. The van der Waals surface area contributed by atoms with Crippen molar-refractivity contribution in [3.63, 3.8) is 0 Å². The summed E-state index contributed by atoms with van der Waals surface area (Å²) >= 11 is 4.93. The molecule has 0 unspecified atom stereocenters. The van der Waals surface area contributed by atoms with E-state index in [1.54, 1.807) is 40.7 Å². The van der Waals surface area contributed by atoms with Gasteiger partial charge < -0.3 is 5.11 Å². The number of rotatable bonds is 5. The van der Waals surface area contributed by atoms with Crippen LogP contribution in [0.15, 0.2) is 57.4 Å². The fourth-order valence-corrected chi connectivity index (χ4v) is 4.26. The van der Waals surface area contributed by atoms with E-state index in [1.165, 1.54) is 9.77 Å². The summed E-state index contributed by atoms with van der Waals surface area (Å²) in [6.07, 6.45) is 0. The van der Waals surface area contributed by atoms with Crippen molar-refractivity contribution in [2.24, 2.45) is 0 Å². The topological polar surface area (TPSA) is 32.3 Å².